The first-order valence-electron chi connectivity index (χ1n) is 7.62. The highest BCUT2D eigenvalue weighted by molar-refractivity contribution is 7.89. The molecule has 0 amide bonds. The molecule has 6 nitrogen and oxygen atoms in total. The first-order chi connectivity index (χ1) is 10.7. The van der Waals surface area contributed by atoms with Crippen LogP contribution in [0.5, 0.6) is 0 Å². The Bertz CT molecular complexity index is 700. The van der Waals surface area contributed by atoms with Gasteiger partial charge in [0.15, 0.2) is 0 Å². The number of hydrogen-bond donors (Lipinski definition) is 1. The van der Waals surface area contributed by atoms with Crippen LogP contribution in [0.4, 0.5) is 0 Å². The Morgan fingerprint density at radius 1 is 1.13 bits per heavy atom. The summed E-state index contributed by atoms with van der Waals surface area (Å²) in [5.41, 5.74) is 1.91. The third kappa shape index (κ3) is 7.43. The van der Waals surface area contributed by atoms with Crippen molar-refractivity contribution in [2.24, 2.45) is 0 Å². The Hall–Kier alpha value is -0.960. The number of rotatable bonds is 10. The van der Waals surface area contributed by atoms with E-state index in [2.05, 4.69) is 4.72 Å². The van der Waals surface area contributed by atoms with Crippen LogP contribution in [0.15, 0.2) is 24.3 Å². The van der Waals surface area contributed by atoms with E-state index in [1.165, 1.54) is 4.31 Å². The average Bonchev–Trinajstić information content (AvgIpc) is 2.45. The van der Waals surface area contributed by atoms with Crippen molar-refractivity contribution in [1.82, 2.24) is 9.03 Å². The molecule has 132 valence electrons. The zero-order chi connectivity index (χ0) is 17.5. The monoisotopic (exact) mass is 362 g/mol. The van der Waals surface area contributed by atoms with Crippen LogP contribution in [0.25, 0.3) is 0 Å². The van der Waals surface area contributed by atoms with Crippen molar-refractivity contribution >= 4 is 20.0 Å². The minimum atomic E-state index is -3.42. The van der Waals surface area contributed by atoms with Gasteiger partial charge in [-0.05, 0) is 24.5 Å². The van der Waals surface area contributed by atoms with E-state index in [4.69, 9.17) is 0 Å². The molecular weight excluding hydrogens is 336 g/mol. The van der Waals surface area contributed by atoms with Crippen LogP contribution in [0.1, 0.15) is 30.9 Å². The normalized spacial score (nSPS) is 12.7. The molecule has 23 heavy (non-hydrogen) atoms. The number of unbranched alkanes of at least 4 members (excludes halogenated alkanes) is 1. The van der Waals surface area contributed by atoms with Gasteiger partial charge in [-0.2, -0.15) is 4.31 Å². The Morgan fingerprint density at radius 2 is 1.78 bits per heavy atom. The van der Waals surface area contributed by atoms with Crippen molar-refractivity contribution in [2.45, 2.75) is 33.2 Å². The average molecular weight is 363 g/mol. The molecule has 8 heteroatoms. The molecule has 0 aliphatic carbocycles. The molecule has 0 heterocycles. The molecule has 0 aliphatic heterocycles. The number of sulfonamides is 2. The van der Waals surface area contributed by atoms with Gasteiger partial charge >= 0.3 is 0 Å². The van der Waals surface area contributed by atoms with Crippen molar-refractivity contribution in [2.75, 3.05) is 25.1 Å². The fraction of sp³-hybridized carbons (Fsp3) is 0.600. The summed E-state index contributed by atoms with van der Waals surface area (Å²) in [5, 5.41) is 0. The lowest BCUT2D eigenvalue weighted by Crippen LogP contribution is -2.38. The second-order valence-corrected chi connectivity index (χ2v) is 9.50. The highest BCUT2D eigenvalue weighted by Crippen LogP contribution is 2.12. The summed E-state index contributed by atoms with van der Waals surface area (Å²) in [6.07, 6.45) is 2.52. The topological polar surface area (TPSA) is 83.6 Å². The molecule has 0 aromatic heterocycles. The predicted molar refractivity (Wildman–Crippen MR) is 93.1 cm³/mol. The van der Waals surface area contributed by atoms with Gasteiger partial charge in [0, 0.05) is 19.6 Å². The first-order valence-corrected chi connectivity index (χ1v) is 11.1. The summed E-state index contributed by atoms with van der Waals surface area (Å²) >= 11 is 0. The lowest BCUT2D eigenvalue weighted by atomic mass is 10.1. The molecule has 0 radical (unpaired) electrons. The van der Waals surface area contributed by atoms with E-state index in [1.54, 1.807) is 0 Å². The molecule has 0 spiro atoms. The van der Waals surface area contributed by atoms with Crippen LogP contribution in [0.2, 0.25) is 0 Å². The predicted octanol–water partition coefficient (Wildman–Crippen LogP) is 1.48. The summed E-state index contributed by atoms with van der Waals surface area (Å²) in [6, 6.07) is 7.55. The van der Waals surface area contributed by atoms with E-state index in [0.717, 1.165) is 23.8 Å². The zero-order valence-electron chi connectivity index (χ0n) is 13.9. The van der Waals surface area contributed by atoms with Gasteiger partial charge in [0.2, 0.25) is 20.0 Å². The van der Waals surface area contributed by atoms with E-state index in [-0.39, 0.29) is 25.4 Å². The number of nitrogens with one attached hydrogen (secondary N) is 1. The second kappa shape index (κ2) is 8.77. The largest absolute Gasteiger partial charge is 0.214 e. The van der Waals surface area contributed by atoms with Crippen LogP contribution in [0, 0.1) is 6.92 Å². The third-order valence-electron chi connectivity index (χ3n) is 3.53. The van der Waals surface area contributed by atoms with Crippen molar-refractivity contribution < 1.29 is 16.8 Å². The molecule has 0 fully saturated rings. The van der Waals surface area contributed by atoms with Crippen molar-refractivity contribution in [1.29, 1.82) is 0 Å². The van der Waals surface area contributed by atoms with E-state index < -0.39 is 20.0 Å². The lowest BCUT2D eigenvalue weighted by Gasteiger charge is -2.21. The molecule has 0 saturated carbocycles. The number of nitrogens with zero attached hydrogens (tertiary/aromatic N) is 1. The van der Waals surface area contributed by atoms with Crippen molar-refractivity contribution in [3.8, 4) is 0 Å². The molecule has 0 aliphatic rings. The van der Waals surface area contributed by atoms with Gasteiger partial charge in [-0.3, -0.25) is 0 Å². The molecule has 1 N–H and O–H groups in total. The van der Waals surface area contributed by atoms with Crippen LogP contribution in [-0.4, -0.2) is 46.2 Å². The summed E-state index contributed by atoms with van der Waals surface area (Å²) < 4.78 is 51.1. The fourth-order valence-corrected chi connectivity index (χ4v) is 4.08. The van der Waals surface area contributed by atoms with Gasteiger partial charge in [0.05, 0.1) is 12.0 Å². The lowest BCUT2D eigenvalue weighted by molar-refractivity contribution is 0.411. The van der Waals surface area contributed by atoms with Gasteiger partial charge in [0.25, 0.3) is 0 Å². The summed E-state index contributed by atoms with van der Waals surface area (Å²) in [6.45, 7) is 4.26. The number of hydrogen-bond acceptors (Lipinski definition) is 4. The van der Waals surface area contributed by atoms with Gasteiger partial charge in [-0.1, -0.05) is 37.6 Å². The SMILES string of the molecule is CCCCS(=O)(=O)NCCN(Cc1ccccc1C)S(C)(=O)=O. The van der Waals surface area contributed by atoms with E-state index in [9.17, 15) is 16.8 Å². The number of aryl methyl sites for hydroxylation is 1. The molecular formula is C15H26N2O4S2. The van der Waals surface area contributed by atoms with Gasteiger partial charge < -0.3 is 0 Å². The summed E-state index contributed by atoms with van der Waals surface area (Å²) in [4.78, 5) is 0. The number of benzene rings is 1. The first kappa shape index (κ1) is 20.1. The van der Waals surface area contributed by atoms with Crippen molar-refractivity contribution in [3.63, 3.8) is 0 Å². The van der Waals surface area contributed by atoms with E-state index in [1.807, 2.05) is 38.1 Å². The third-order valence-corrected chi connectivity index (χ3v) is 6.25. The van der Waals surface area contributed by atoms with E-state index >= 15 is 0 Å². The molecule has 1 rings (SSSR count). The van der Waals surface area contributed by atoms with Crippen LogP contribution < -0.4 is 4.72 Å². The van der Waals surface area contributed by atoms with Crippen LogP contribution >= 0.6 is 0 Å². The Balaban J connectivity index is 2.69. The smallest absolute Gasteiger partial charge is 0.211 e. The maximum Gasteiger partial charge on any atom is 0.211 e. The maximum atomic E-state index is 11.9. The highest BCUT2D eigenvalue weighted by Gasteiger charge is 2.18. The Labute approximate surface area is 140 Å². The molecule has 0 atom stereocenters. The summed E-state index contributed by atoms with van der Waals surface area (Å²) in [5.74, 6) is 0.0696. The summed E-state index contributed by atoms with van der Waals surface area (Å²) in [7, 11) is -6.75. The van der Waals surface area contributed by atoms with Crippen LogP contribution in [0.3, 0.4) is 0 Å². The quantitative estimate of drug-likeness (QED) is 0.683. The minimum absolute atomic E-state index is 0.0696. The Morgan fingerprint density at radius 3 is 2.35 bits per heavy atom. The zero-order valence-corrected chi connectivity index (χ0v) is 15.6. The Kier molecular flexibility index (Phi) is 7.66. The molecule has 0 unspecified atom stereocenters. The highest BCUT2D eigenvalue weighted by atomic mass is 32.2. The molecule has 0 bridgehead atoms. The van der Waals surface area contributed by atoms with Gasteiger partial charge in [0.1, 0.15) is 0 Å². The fourth-order valence-electron chi connectivity index (χ4n) is 2.07. The second-order valence-electron chi connectivity index (χ2n) is 5.59. The van der Waals surface area contributed by atoms with E-state index in [0.29, 0.717) is 6.42 Å². The molecule has 1 aromatic carbocycles. The molecule has 1 aromatic rings. The maximum absolute atomic E-state index is 11.9. The van der Waals surface area contributed by atoms with Crippen LogP contribution in [-0.2, 0) is 26.6 Å². The molecule has 0 saturated heterocycles. The minimum Gasteiger partial charge on any atom is -0.214 e. The van der Waals surface area contributed by atoms with Gasteiger partial charge in [-0.25, -0.2) is 21.6 Å². The van der Waals surface area contributed by atoms with Crippen molar-refractivity contribution in [3.05, 3.63) is 35.4 Å². The van der Waals surface area contributed by atoms with Gasteiger partial charge in [-0.15, -0.1) is 0 Å². The standard InChI is InChI=1S/C15H26N2O4S2/c1-4-5-12-23(20,21)16-10-11-17(22(3,18)19)13-15-9-7-6-8-14(15)2/h6-9,16H,4-5,10-13H2,1-3H3.